The zero-order valence-corrected chi connectivity index (χ0v) is 10.5. The maximum Gasteiger partial charge on any atom is 0.325 e. The molecule has 20 heavy (non-hydrogen) atoms. The molecule has 0 saturated heterocycles. The number of nitrogens with one attached hydrogen (secondary N) is 2. The lowest BCUT2D eigenvalue weighted by molar-refractivity contribution is -0.384. The van der Waals surface area contributed by atoms with E-state index >= 15 is 0 Å². The molecule has 0 radical (unpaired) electrons. The van der Waals surface area contributed by atoms with Crippen LogP contribution in [0.3, 0.4) is 0 Å². The number of nitrogens with zero attached hydrogens (tertiary/aromatic N) is 1. The van der Waals surface area contributed by atoms with E-state index in [2.05, 4.69) is 15.4 Å². The third-order valence-electron chi connectivity index (χ3n) is 2.25. The minimum Gasteiger partial charge on any atom is -0.468 e. The largest absolute Gasteiger partial charge is 0.468 e. The molecule has 1 aromatic carbocycles. The van der Waals surface area contributed by atoms with E-state index in [-0.39, 0.29) is 18.8 Å². The van der Waals surface area contributed by atoms with Crippen LogP contribution in [0.2, 0.25) is 0 Å². The summed E-state index contributed by atoms with van der Waals surface area (Å²) in [5.74, 6) is -1.93. The monoisotopic (exact) mass is 285 g/mol. The summed E-state index contributed by atoms with van der Waals surface area (Å²) in [5, 5.41) is 15.4. The Bertz CT molecular complexity index is 535. The zero-order chi connectivity index (χ0) is 15.1. The number of nitro groups is 1. The van der Waals surface area contributed by atoms with Crippen LogP contribution in [0.25, 0.3) is 0 Å². The number of amides is 1. The van der Waals surface area contributed by atoms with Crippen molar-refractivity contribution in [1.82, 2.24) is 5.32 Å². The van der Waals surface area contributed by atoms with Crippen LogP contribution in [-0.2, 0) is 14.3 Å². The molecule has 0 aliphatic rings. The Balaban J connectivity index is 2.59. The molecule has 2 N–H and O–H groups in total. The van der Waals surface area contributed by atoms with Crippen molar-refractivity contribution >= 4 is 23.3 Å². The maximum absolute atomic E-state index is 12.9. The van der Waals surface area contributed by atoms with E-state index in [4.69, 9.17) is 0 Å². The molecule has 0 unspecified atom stereocenters. The number of hydrogen-bond donors (Lipinski definition) is 2. The van der Waals surface area contributed by atoms with Gasteiger partial charge in [0.1, 0.15) is 18.0 Å². The van der Waals surface area contributed by atoms with Crippen molar-refractivity contribution in [3.63, 3.8) is 0 Å². The molecule has 0 aromatic heterocycles. The first-order valence-electron chi connectivity index (χ1n) is 5.45. The van der Waals surface area contributed by atoms with E-state index in [1.165, 1.54) is 7.11 Å². The summed E-state index contributed by atoms with van der Waals surface area (Å²) in [5.41, 5.74) is -0.476. The molecule has 1 aromatic rings. The van der Waals surface area contributed by atoms with Gasteiger partial charge in [-0.1, -0.05) is 0 Å². The summed E-state index contributed by atoms with van der Waals surface area (Å²) < 4.78 is 17.2. The molecule has 0 fully saturated rings. The Morgan fingerprint density at radius 2 is 2.10 bits per heavy atom. The fourth-order valence-electron chi connectivity index (χ4n) is 1.29. The average molecular weight is 285 g/mol. The van der Waals surface area contributed by atoms with Gasteiger partial charge in [0.05, 0.1) is 24.6 Å². The Morgan fingerprint density at radius 3 is 2.70 bits per heavy atom. The van der Waals surface area contributed by atoms with Gasteiger partial charge in [0, 0.05) is 0 Å². The van der Waals surface area contributed by atoms with Crippen molar-refractivity contribution in [2.45, 2.75) is 0 Å². The number of anilines is 1. The molecular formula is C11H12FN3O5. The minimum atomic E-state index is -0.766. The van der Waals surface area contributed by atoms with Gasteiger partial charge in [-0.2, -0.15) is 0 Å². The number of hydrogen-bond acceptors (Lipinski definition) is 6. The number of nitro benzene ring substituents is 1. The predicted molar refractivity (Wildman–Crippen MR) is 66.6 cm³/mol. The second-order valence-electron chi connectivity index (χ2n) is 3.62. The first-order valence-corrected chi connectivity index (χ1v) is 5.45. The quantitative estimate of drug-likeness (QED) is 0.445. The molecule has 0 spiro atoms. The fraction of sp³-hybridized carbons (Fsp3) is 0.273. The lowest BCUT2D eigenvalue weighted by Crippen LogP contribution is -2.34. The number of ether oxygens (including phenoxy) is 1. The van der Waals surface area contributed by atoms with Crippen molar-refractivity contribution in [3.8, 4) is 0 Å². The van der Waals surface area contributed by atoms with Crippen molar-refractivity contribution < 1.29 is 23.6 Å². The first kappa shape index (κ1) is 15.3. The molecule has 0 bridgehead atoms. The number of carbonyl (C=O) groups is 2. The molecule has 8 nitrogen and oxygen atoms in total. The van der Waals surface area contributed by atoms with Gasteiger partial charge < -0.3 is 15.4 Å². The van der Waals surface area contributed by atoms with Gasteiger partial charge in [0.2, 0.25) is 5.91 Å². The number of halogens is 1. The van der Waals surface area contributed by atoms with Gasteiger partial charge in [-0.3, -0.25) is 19.7 Å². The van der Waals surface area contributed by atoms with Crippen LogP contribution in [-0.4, -0.2) is 37.0 Å². The SMILES string of the molecule is COC(=O)CNC(=O)CNc1ccc(F)cc1[N+](=O)[O-]. The Morgan fingerprint density at radius 1 is 1.40 bits per heavy atom. The Labute approximate surface area is 113 Å². The van der Waals surface area contributed by atoms with Crippen LogP contribution in [0.4, 0.5) is 15.8 Å². The minimum absolute atomic E-state index is 0.00428. The summed E-state index contributed by atoms with van der Waals surface area (Å²) in [4.78, 5) is 32.1. The third-order valence-corrected chi connectivity index (χ3v) is 2.25. The number of esters is 1. The summed E-state index contributed by atoms with van der Waals surface area (Å²) in [6.07, 6.45) is 0. The molecule has 108 valence electrons. The summed E-state index contributed by atoms with van der Waals surface area (Å²) in [6, 6.07) is 2.93. The smallest absolute Gasteiger partial charge is 0.325 e. The van der Waals surface area contributed by atoms with E-state index < -0.39 is 28.3 Å². The van der Waals surface area contributed by atoms with Crippen molar-refractivity contribution in [3.05, 3.63) is 34.1 Å². The highest BCUT2D eigenvalue weighted by Gasteiger charge is 2.15. The van der Waals surface area contributed by atoms with Gasteiger partial charge in [-0.15, -0.1) is 0 Å². The van der Waals surface area contributed by atoms with Crippen LogP contribution in [0.1, 0.15) is 0 Å². The molecule has 0 atom stereocenters. The molecule has 0 aliphatic heterocycles. The van der Waals surface area contributed by atoms with Crippen molar-refractivity contribution in [2.75, 3.05) is 25.5 Å². The maximum atomic E-state index is 12.9. The van der Waals surface area contributed by atoms with Crippen LogP contribution < -0.4 is 10.6 Å². The molecule has 1 amide bonds. The number of benzene rings is 1. The molecule has 9 heteroatoms. The van der Waals surface area contributed by atoms with E-state index in [0.29, 0.717) is 0 Å². The van der Waals surface area contributed by atoms with E-state index in [1.807, 2.05) is 0 Å². The highest BCUT2D eigenvalue weighted by molar-refractivity contribution is 5.85. The summed E-state index contributed by atoms with van der Waals surface area (Å²) in [6.45, 7) is -0.605. The highest BCUT2D eigenvalue weighted by Crippen LogP contribution is 2.24. The van der Waals surface area contributed by atoms with E-state index in [1.54, 1.807) is 0 Å². The number of rotatable bonds is 6. The van der Waals surface area contributed by atoms with Gasteiger partial charge >= 0.3 is 5.97 Å². The lowest BCUT2D eigenvalue weighted by atomic mass is 10.2. The molecule has 0 aliphatic carbocycles. The molecule has 0 heterocycles. The van der Waals surface area contributed by atoms with Gasteiger partial charge in [-0.25, -0.2) is 4.39 Å². The first-order chi connectivity index (χ1) is 9.43. The van der Waals surface area contributed by atoms with E-state index in [0.717, 1.165) is 18.2 Å². The normalized spacial score (nSPS) is 9.70. The Kier molecular flexibility index (Phi) is 5.39. The topological polar surface area (TPSA) is 111 Å². The highest BCUT2D eigenvalue weighted by atomic mass is 19.1. The predicted octanol–water partition coefficient (Wildman–Crippen LogP) is 0.435. The second-order valence-corrected chi connectivity index (χ2v) is 3.62. The van der Waals surface area contributed by atoms with Crippen molar-refractivity contribution in [2.24, 2.45) is 0 Å². The summed E-state index contributed by atoms with van der Waals surface area (Å²) >= 11 is 0. The lowest BCUT2D eigenvalue weighted by Gasteiger charge is -2.07. The van der Waals surface area contributed by atoms with E-state index in [9.17, 15) is 24.1 Å². The van der Waals surface area contributed by atoms with Gasteiger partial charge in [-0.05, 0) is 12.1 Å². The standard InChI is InChI=1S/C11H12FN3O5/c1-20-11(17)6-14-10(16)5-13-8-3-2-7(12)4-9(8)15(18)19/h2-4,13H,5-6H2,1H3,(H,14,16). The third kappa shape index (κ3) is 4.52. The van der Waals surface area contributed by atoms with Crippen molar-refractivity contribution in [1.29, 1.82) is 0 Å². The van der Waals surface area contributed by atoms with Crippen LogP contribution >= 0.6 is 0 Å². The van der Waals surface area contributed by atoms with Crippen LogP contribution in [0.5, 0.6) is 0 Å². The molecule has 0 saturated carbocycles. The fourth-order valence-corrected chi connectivity index (χ4v) is 1.29. The van der Waals surface area contributed by atoms with Gasteiger partial charge in [0.15, 0.2) is 0 Å². The second kappa shape index (κ2) is 7.02. The van der Waals surface area contributed by atoms with Crippen LogP contribution in [0, 0.1) is 15.9 Å². The zero-order valence-electron chi connectivity index (χ0n) is 10.5. The Hall–Kier alpha value is -2.71. The number of methoxy groups -OCH3 is 1. The number of carbonyl (C=O) groups excluding carboxylic acids is 2. The van der Waals surface area contributed by atoms with Gasteiger partial charge in [0.25, 0.3) is 5.69 Å². The van der Waals surface area contributed by atoms with Crippen LogP contribution in [0.15, 0.2) is 18.2 Å². The molecular weight excluding hydrogens is 273 g/mol. The molecule has 1 rings (SSSR count). The summed E-state index contributed by atoms with van der Waals surface area (Å²) in [7, 11) is 1.18. The average Bonchev–Trinajstić information content (AvgIpc) is 2.43.